The Kier molecular flexibility index (Phi) is 4.75. The van der Waals surface area contributed by atoms with E-state index in [4.69, 9.17) is 0 Å². The van der Waals surface area contributed by atoms with Crippen LogP contribution in [-0.2, 0) is 7.05 Å². The number of hydrogen-bond acceptors (Lipinski definition) is 3. The van der Waals surface area contributed by atoms with Crippen LogP contribution in [0.25, 0.3) is 0 Å². The third-order valence-corrected chi connectivity index (χ3v) is 4.36. The second-order valence-corrected chi connectivity index (χ2v) is 5.52. The topological polar surface area (TPSA) is 42.7 Å². The maximum atomic E-state index is 4.08. The summed E-state index contributed by atoms with van der Waals surface area (Å²) in [5.74, 6) is 1.65. The smallest absolute Gasteiger partial charge is 0.0756 e. The Morgan fingerprint density at radius 1 is 1.44 bits per heavy atom. The molecule has 0 bridgehead atoms. The van der Waals surface area contributed by atoms with E-state index in [2.05, 4.69) is 29.5 Å². The minimum Gasteiger partial charge on any atom is -0.309 e. The summed E-state index contributed by atoms with van der Waals surface area (Å²) < 4.78 is 1.92. The lowest BCUT2D eigenvalue weighted by Gasteiger charge is -2.34. The molecule has 102 valence electrons. The lowest BCUT2D eigenvalue weighted by atomic mass is 9.76. The van der Waals surface area contributed by atoms with Crippen molar-refractivity contribution in [2.24, 2.45) is 18.9 Å². The van der Waals surface area contributed by atoms with Gasteiger partial charge in [0.25, 0.3) is 0 Å². The Labute approximate surface area is 110 Å². The van der Waals surface area contributed by atoms with Crippen LogP contribution in [0.4, 0.5) is 0 Å². The van der Waals surface area contributed by atoms with E-state index in [1.807, 2.05) is 17.9 Å². The third-order valence-electron chi connectivity index (χ3n) is 4.36. The molecule has 0 aromatic carbocycles. The van der Waals surface area contributed by atoms with E-state index in [0.717, 1.165) is 18.4 Å². The highest BCUT2D eigenvalue weighted by molar-refractivity contribution is 5.04. The molecule has 1 aromatic heterocycles. The molecule has 4 heteroatoms. The van der Waals surface area contributed by atoms with Crippen LogP contribution < -0.4 is 5.32 Å². The first-order chi connectivity index (χ1) is 8.76. The van der Waals surface area contributed by atoms with Gasteiger partial charge in [-0.2, -0.15) is 0 Å². The number of nitrogens with zero attached hydrogens (tertiary/aromatic N) is 3. The van der Waals surface area contributed by atoms with E-state index in [9.17, 15) is 0 Å². The van der Waals surface area contributed by atoms with Crippen LogP contribution >= 0.6 is 0 Å². The van der Waals surface area contributed by atoms with Gasteiger partial charge < -0.3 is 5.32 Å². The van der Waals surface area contributed by atoms with E-state index < -0.39 is 0 Å². The highest BCUT2D eigenvalue weighted by atomic mass is 15.4. The van der Waals surface area contributed by atoms with Crippen molar-refractivity contribution in [2.75, 3.05) is 6.54 Å². The van der Waals surface area contributed by atoms with Gasteiger partial charge in [-0.25, -0.2) is 0 Å². The summed E-state index contributed by atoms with van der Waals surface area (Å²) in [6, 6.07) is 0.421. The Balaban J connectivity index is 2.12. The molecule has 3 atom stereocenters. The summed E-state index contributed by atoms with van der Waals surface area (Å²) in [6.07, 6.45) is 8.70. The summed E-state index contributed by atoms with van der Waals surface area (Å²) in [5, 5.41) is 11.8. The van der Waals surface area contributed by atoms with Gasteiger partial charge in [0.05, 0.1) is 17.9 Å². The van der Waals surface area contributed by atoms with Gasteiger partial charge in [0, 0.05) is 7.05 Å². The highest BCUT2D eigenvalue weighted by Crippen LogP contribution is 2.38. The largest absolute Gasteiger partial charge is 0.309 e. The zero-order valence-corrected chi connectivity index (χ0v) is 11.9. The van der Waals surface area contributed by atoms with E-state index in [0.29, 0.717) is 6.04 Å². The van der Waals surface area contributed by atoms with E-state index in [1.165, 1.54) is 37.8 Å². The van der Waals surface area contributed by atoms with Gasteiger partial charge >= 0.3 is 0 Å². The molecular formula is C14H26N4. The predicted octanol–water partition coefficient (Wildman–Crippen LogP) is 2.68. The minimum absolute atomic E-state index is 0.421. The molecule has 2 rings (SSSR count). The third kappa shape index (κ3) is 2.91. The molecule has 1 aliphatic carbocycles. The van der Waals surface area contributed by atoms with Crippen LogP contribution in [0.5, 0.6) is 0 Å². The molecule has 1 aromatic rings. The average molecular weight is 250 g/mol. The van der Waals surface area contributed by atoms with Crippen LogP contribution in [-0.4, -0.2) is 21.5 Å². The summed E-state index contributed by atoms with van der Waals surface area (Å²) in [4.78, 5) is 0. The Morgan fingerprint density at radius 3 is 2.89 bits per heavy atom. The molecule has 18 heavy (non-hydrogen) atoms. The fourth-order valence-electron chi connectivity index (χ4n) is 3.32. The maximum absolute atomic E-state index is 4.08. The Morgan fingerprint density at radius 2 is 2.28 bits per heavy atom. The fraction of sp³-hybridized carbons (Fsp3) is 0.857. The summed E-state index contributed by atoms with van der Waals surface area (Å²) in [7, 11) is 1.99. The molecule has 0 saturated heterocycles. The molecule has 3 unspecified atom stereocenters. The van der Waals surface area contributed by atoms with Gasteiger partial charge in [0.2, 0.25) is 0 Å². The lowest BCUT2D eigenvalue weighted by molar-refractivity contribution is 0.205. The SMILES string of the molecule is CCNC(c1cnnn1C)C1CCCC(CC)C1. The van der Waals surface area contributed by atoms with Crippen molar-refractivity contribution >= 4 is 0 Å². The van der Waals surface area contributed by atoms with Gasteiger partial charge in [-0.15, -0.1) is 5.10 Å². The van der Waals surface area contributed by atoms with Crippen LogP contribution in [0.1, 0.15) is 57.7 Å². The van der Waals surface area contributed by atoms with E-state index >= 15 is 0 Å². The summed E-state index contributed by atoms with van der Waals surface area (Å²) >= 11 is 0. The molecule has 1 N–H and O–H groups in total. The minimum atomic E-state index is 0.421. The van der Waals surface area contributed by atoms with Crippen LogP contribution in [0.3, 0.4) is 0 Å². The first-order valence-electron chi connectivity index (χ1n) is 7.34. The van der Waals surface area contributed by atoms with E-state index in [1.54, 1.807) is 0 Å². The molecule has 0 radical (unpaired) electrons. The first-order valence-corrected chi connectivity index (χ1v) is 7.34. The van der Waals surface area contributed by atoms with Crippen molar-refractivity contribution < 1.29 is 0 Å². The van der Waals surface area contributed by atoms with Crippen molar-refractivity contribution in [3.05, 3.63) is 11.9 Å². The lowest BCUT2D eigenvalue weighted by Crippen LogP contribution is -2.33. The molecule has 0 aliphatic heterocycles. The second-order valence-electron chi connectivity index (χ2n) is 5.52. The van der Waals surface area contributed by atoms with Crippen LogP contribution in [0.2, 0.25) is 0 Å². The molecule has 1 aliphatic rings. The van der Waals surface area contributed by atoms with Crippen molar-refractivity contribution in [2.45, 2.75) is 52.0 Å². The summed E-state index contributed by atoms with van der Waals surface area (Å²) in [5.41, 5.74) is 1.23. The summed E-state index contributed by atoms with van der Waals surface area (Å²) in [6.45, 7) is 5.50. The normalized spacial score (nSPS) is 26.2. The number of rotatable bonds is 5. The van der Waals surface area contributed by atoms with Crippen molar-refractivity contribution in [1.82, 2.24) is 20.3 Å². The van der Waals surface area contributed by atoms with Gasteiger partial charge in [-0.1, -0.05) is 38.3 Å². The van der Waals surface area contributed by atoms with E-state index in [-0.39, 0.29) is 0 Å². The molecular weight excluding hydrogens is 224 g/mol. The van der Waals surface area contributed by atoms with Gasteiger partial charge in [0.15, 0.2) is 0 Å². The number of aromatic nitrogens is 3. The molecule has 0 spiro atoms. The van der Waals surface area contributed by atoms with Crippen molar-refractivity contribution in [3.8, 4) is 0 Å². The molecule has 1 fully saturated rings. The predicted molar refractivity (Wildman–Crippen MR) is 73.2 cm³/mol. The quantitative estimate of drug-likeness (QED) is 0.873. The van der Waals surface area contributed by atoms with Gasteiger partial charge in [-0.3, -0.25) is 4.68 Å². The molecule has 4 nitrogen and oxygen atoms in total. The van der Waals surface area contributed by atoms with Crippen molar-refractivity contribution in [3.63, 3.8) is 0 Å². The Hall–Kier alpha value is -0.900. The highest BCUT2D eigenvalue weighted by Gasteiger charge is 2.30. The number of nitrogens with one attached hydrogen (secondary N) is 1. The van der Waals surface area contributed by atoms with Gasteiger partial charge in [-0.05, 0) is 31.2 Å². The zero-order chi connectivity index (χ0) is 13.0. The fourth-order valence-corrected chi connectivity index (χ4v) is 3.32. The van der Waals surface area contributed by atoms with Crippen LogP contribution in [0, 0.1) is 11.8 Å². The standard InChI is InChI=1S/C14H26N4/c1-4-11-7-6-8-12(9-11)14(15-5-2)13-10-16-17-18(13)3/h10-12,14-15H,4-9H2,1-3H3. The monoisotopic (exact) mass is 250 g/mol. The first kappa shape index (κ1) is 13.5. The number of aryl methyl sites for hydroxylation is 1. The molecule has 0 amide bonds. The second kappa shape index (κ2) is 6.32. The van der Waals surface area contributed by atoms with Gasteiger partial charge in [0.1, 0.15) is 0 Å². The number of hydrogen-bond donors (Lipinski definition) is 1. The average Bonchev–Trinajstić information content (AvgIpc) is 2.82. The van der Waals surface area contributed by atoms with Crippen LogP contribution in [0.15, 0.2) is 6.20 Å². The molecule has 1 saturated carbocycles. The Bertz CT molecular complexity index is 360. The zero-order valence-electron chi connectivity index (χ0n) is 11.9. The molecule has 1 heterocycles. The maximum Gasteiger partial charge on any atom is 0.0756 e. The van der Waals surface area contributed by atoms with Crippen molar-refractivity contribution in [1.29, 1.82) is 0 Å².